The van der Waals surface area contributed by atoms with Crippen molar-refractivity contribution >= 4 is 17.5 Å². The number of morpholine rings is 1. The Balaban J connectivity index is 1.49. The van der Waals surface area contributed by atoms with Crippen molar-refractivity contribution in [2.24, 2.45) is 0 Å². The fourth-order valence-electron chi connectivity index (χ4n) is 4.07. The molecule has 1 aliphatic carbocycles. The molecule has 1 aliphatic heterocycles. The van der Waals surface area contributed by atoms with Crippen LogP contribution in [0.15, 0.2) is 53.3 Å². The minimum Gasteiger partial charge on any atom is -0.373 e. The lowest BCUT2D eigenvalue weighted by Crippen LogP contribution is -2.65. The maximum absolute atomic E-state index is 13.2. The number of anilines is 1. The van der Waals surface area contributed by atoms with Gasteiger partial charge in [-0.1, -0.05) is 24.3 Å². The van der Waals surface area contributed by atoms with E-state index in [9.17, 15) is 14.4 Å². The summed E-state index contributed by atoms with van der Waals surface area (Å²) in [5.41, 5.74) is 0.466. The minimum atomic E-state index is -0.376. The molecule has 7 nitrogen and oxygen atoms in total. The molecule has 0 radical (unpaired) electrons. The van der Waals surface area contributed by atoms with Gasteiger partial charge in [0.1, 0.15) is 5.69 Å². The van der Waals surface area contributed by atoms with Crippen LogP contribution in [-0.4, -0.2) is 53.5 Å². The SMILES string of the molecule is CN(C(=O)CC1CN(C(=O)c2cccc(=O)[nH]2)C2(CCC2)CO1)c1ccccc1. The second-order valence-corrected chi connectivity index (χ2v) is 7.85. The highest BCUT2D eigenvalue weighted by Crippen LogP contribution is 2.41. The molecule has 7 heteroatoms. The lowest BCUT2D eigenvalue weighted by Gasteiger charge is -2.54. The third kappa shape index (κ3) is 3.82. The van der Waals surface area contributed by atoms with Crippen LogP contribution in [0.3, 0.4) is 0 Å². The zero-order chi connectivity index (χ0) is 20.4. The molecule has 1 N–H and O–H groups in total. The second-order valence-electron chi connectivity index (χ2n) is 7.85. The van der Waals surface area contributed by atoms with Crippen LogP contribution in [0, 0.1) is 0 Å². The van der Waals surface area contributed by atoms with Crippen LogP contribution in [0.25, 0.3) is 0 Å². The molecule has 1 aromatic heterocycles. The van der Waals surface area contributed by atoms with Crippen molar-refractivity contribution in [1.82, 2.24) is 9.88 Å². The van der Waals surface area contributed by atoms with Crippen LogP contribution >= 0.6 is 0 Å². The zero-order valence-electron chi connectivity index (χ0n) is 16.5. The van der Waals surface area contributed by atoms with Crippen LogP contribution in [0.2, 0.25) is 0 Å². The molecule has 0 bridgehead atoms. The number of hydrogen-bond donors (Lipinski definition) is 1. The van der Waals surface area contributed by atoms with Gasteiger partial charge in [-0.25, -0.2) is 0 Å². The number of pyridine rings is 1. The molecule has 1 atom stereocenters. The number of carbonyl (C=O) groups is 2. The molecular weight excluding hydrogens is 370 g/mol. The summed E-state index contributed by atoms with van der Waals surface area (Å²) in [6.07, 6.45) is 2.61. The molecule has 2 fully saturated rings. The van der Waals surface area contributed by atoms with Gasteiger partial charge < -0.3 is 19.5 Å². The molecule has 1 spiro atoms. The number of ether oxygens (including phenoxy) is 1. The number of hydrogen-bond acceptors (Lipinski definition) is 4. The highest BCUT2D eigenvalue weighted by Gasteiger charge is 2.49. The lowest BCUT2D eigenvalue weighted by molar-refractivity contribution is -0.139. The molecule has 2 aromatic rings. The number of aromatic nitrogens is 1. The average molecular weight is 395 g/mol. The first kappa shape index (κ1) is 19.4. The molecule has 1 aromatic carbocycles. The first-order valence-corrected chi connectivity index (χ1v) is 9.93. The Kier molecular flexibility index (Phi) is 5.24. The monoisotopic (exact) mass is 395 g/mol. The van der Waals surface area contributed by atoms with Crippen molar-refractivity contribution in [2.75, 3.05) is 25.1 Å². The molecule has 1 saturated heterocycles. The van der Waals surface area contributed by atoms with E-state index in [0.29, 0.717) is 13.2 Å². The maximum atomic E-state index is 13.2. The van der Waals surface area contributed by atoms with Crippen molar-refractivity contribution in [3.05, 3.63) is 64.6 Å². The molecule has 2 aliphatic rings. The molecule has 1 unspecified atom stereocenters. The summed E-state index contributed by atoms with van der Waals surface area (Å²) in [6.45, 7) is 0.757. The second kappa shape index (κ2) is 7.83. The molecule has 29 heavy (non-hydrogen) atoms. The van der Waals surface area contributed by atoms with E-state index in [-0.39, 0.29) is 41.1 Å². The van der Waals surface area contributed by atoms with Gasteiger partial charge >= 0.3 is 0 Å². The van der Waals surface area contributed by atoms with Gasteiger partial charge in [-0.15, -0.1) is 0 Å². The number of amides is 2. The normalized spacial score (nSPS) is 20.2. The van der Waals surface area contributed by atoms with Crippen molar-refractivity contribution in [1.29, 1.82) is 0 Å². The number of nitrogens with one attached hydrogen (secondary N) is 1. The van der Waals surface area contributed by atoms with Crippen molar-refractivity contribution in [3.8, 4) is 0 Å². The van der Waals surface area contributed by atoms with Crippen LogP contribution in [-0.2, 0) is 9.53 Å². The van der Waals surface area contributed by atoms with E-state index in [1.54, 1.807) is 24.1 Å². The van der Waals surface area contributed by atoms with E-state index in [1.165, 1.54) is 6.07 Å². The summed E-state index contributed by atoms with van der Waals surface area (Å²) in [5.74, 6) is -0.272. The van der Waals surface area contributed by atoms with Gasteiger partial charge in [0.15, 0.2) is 0 Å². The summed E-state index contributed by atoms with van der Waals surface area (Å²) in [7, 11) is 1.74. The van der Waals surface area contributed by atoms with E-state index in [2.05, 4.69) is 4.98 Å². The number of carbonyl (C=O) groups excluding carboxylic acids is 2. The number of H-pyrrole nitrogens is 1. The summed E-state index contributed by atoms with van der Waals surface area (Å²) >= 11 is 0. The van der Waals surface area contributed by atoms with Crippen molar-refractivity contribution in [3.63, 3.8) is 0 Å². The summed E-state index contributed by atoms with van der Waals surface area (Å²) < 4.78 is 6.02. The zero-order valence-corrected chi connectivity index (χ0v) is 16.5. The van der Waals surface area contributed by atoms with Crippen LogP contribution < -0.4 is 10.5 Å². The Morgan fingerprint density at radius 2 is 1.93 bits per heavy atom. The standard InChI is InChI=1S/C22H25N3O4/c1-24(16-7-3-2-4-8-16)20(27)13-17-14-25(22(15-29-17)11-6-12-22)21(28)18-9-5-10-19(26)23-18/h2-5,7-10,17H,6,11-15H2,1H3,(H,23,26). The summed E-state index contributed by atoms with van der Waals surface area (Å²) in [4.78, 5) is 43.6. The van der Waals surface area contributed by atoms with Crippen molar-refractivity contribution < 1.29 is 14.3 Å². The Morgan fingerprint density at radius 1 is 1.17 bits per heavy atom. The van der Waals surface area contributed by atoms with Gasteiger partial charge in [-0.3, -0.25) is 14.4 Å². The smallest absolute Gasteiger partial charge is 0.271 e. The largest absolute Gasteiger partial charge is 0.373 e. The fourth-order valence-corrected chi connectivity index (χ4v) is 4.07. The Morgan fingerprint density at radius 3 is 2.59 bits per heavy atom. The molecule has 2 heterocycles. The molecule has 152 valence electrons. The van der Waals surface area contributed by atoms with E-state index in [4.69, 9.17) is 4.74 Å². The van der Waals surface area contributed by atoms with Gasteiger partial charge in [0, 0.05) is 25.3 Å². The third-order valence-corrected chi connectivity index (χ3v) is 5.99. The topological polar surface area (TPSA) is 82.7 Å². The van der Waals surface area contributed by atoms with E-state index < -0.39 is 0 Å². The predicted molar refractivity (Wildman–Crippen MR) is 109 cm³/mol. The predicted octanol–water partition coefficient (Wildman–Crippen LogP) is 2.19. The number of aromatic amines is 1. The molecular formula is C22H25N3O4. The van der Waals surface area contributed by atoms with Gasteiger partial charge in [0.05, 0.1) is 24.7 Å². The minimum absolute atomic E-state index is 0.0636. The summed E-state index contributed by atoms with van der Waals surface area (Å²) in [5, 5.41) is 0. The van der Waals surface area contributed by atoms with Crippen LogP contribution in [0.4, 0.5) is 5.69 Å². The van der Waals surface area contributed by atoms with Crippen molar-refractivity contribution in [2.45, 2.75) is 37.3 Å². The number of para-hydroxylation sites is 1. The van der Waals surface area contributed by atoms with Gasteiger partial charge in [-0.2, -0.15) is 0 Å². The number of rotatable bonds is 4. The third-order valence-electron chi connectivity index (χ3n) is 5.99. The highest BCUT2D eigenvalue weighted by molar-refractivity contribution is 5.94. The Bertz CT molecular complexity index is 952. The van der Waals surface area contributed by atoms with Gasteiger partial charge in [0.25, 0.3) is 5.91 Å². The maximum Gasteiger partial charge on any atom is 0.271 e. The van der Waals surface area contributed by atoms with Crippen LogP contribution in [0.1, 0.15) is 36.2 Å². The van der Waals surface area contributed by atoms with Gasteiger partial charge in [-0.05, 0) is 37.5 Å². The summed E-state index contributed by atoms with van der Waals surface area (Å²) in [6, 6.07) is 14.0. The average Bonchev–Trinajstić information content (AvgIpc) is 2.72. The molecule has 1 saturated carbocycles. The van der Waals surface area contributed by atoms with Gasteiger partial charge in [0.2, 0.25) is 11.5 Å². The fraction of sp³-hybridized carbons (Fsp3) is 0.409. The van der Waals surface area contributed by atoms with E-state index >= 15 is 0 Å². The first-order chi connectivity index (χ1) is 14.0. The van der Waals surface area contributed by atoms with Crippen LogP contribution in [0.5, 0.6) is 0 Å². The number of nitrogens with zero attached hydrogens (tertiary/aromatic N) is 2. The number of benzene rings is 1. The Labute approximate surface area is 169 Å². The lowest BCUT2D eigenvalue weighted by atomic mass is 9.74. The highest BCUT2D eigenvalue weighted by atomic mass is 16.5. The molecule has 2 amide bonds. The first-order valence-electron chi connectivity index (χ1n) is 9.93. The van der Waals surface area contributed by atoms with E-state index in [0.717, 1.165) is 24.9 Å². The quantitative estimate of drug-likeness (QED) is 0.860. The Hall–Kier alpha value is -2.93. The molecule has 4 rings (SSSR count). The van der Waals surface area contributed by atoms with E-state index in [1.807, 2.05) is 35.2 Å².